The summed E-state index contributed by atoms with van der Waals surface area (Å²) in [5.41, 5.74) is 1.17. The largest absolute Gasteiger partial charge is 0.406 e. The minimum atomic E-state index is -0.272. The standard InChI is InChI=1S/C13H17FN4O/c1-8(2)15-7-12-17-18-13(19-12)16-10-5-4-9(3)11(14)6-10/h4-6,8,15H,7H2,1-3H3,(H,16,18). The first kappa shape index (κ1) is 13.5. The Labute approximate surface area is 111 Å². The molecule has 102 valence electrons. The van der Waals surface area contributed by atoms with Crippen molar-refractivity contribution in [2.24, 2.45) is 0 Å². The van der Waals surface area contributed by atoms with Gasteiger partial charge < -0.3 is 15.1 Å². The number of nitrogens with zero attached hydrogens (tertiary/aromatic N) is 2. The fourth-order valence-corrected chi connectivity index (χ4v) is 1.46. The molecule has 0 saturated carbocycles. The number of aryl methyl sites for hydroxylation is 1. The van der Waals surface area contributed by atoms with Gasteiger partial charge in [-0.05, 0) is 24.6 Å². The minimum absolute atomic E-state index is 0.254. The van der Waals surface area contributed by atoms with Gasteiger partial charge in [0.1, 0.15) is 5.82 Å². The first-order valence-corrected chi connectivity index (χ1v) is 6.13. The van der Waals surface area contributed by atoms with Crippen molar-refractivity contribution in [2.75, 3.05) is 5.32 Å². The molecule has 2 aromatic rings. The maximum Gasteiger partial charge on any atom is 0.320 e. The van der Waals surface area contributed by atoms with E-state index < -0.39 is 0 Å². The van der Waals surface area contributed by atoms with E-state index in [-0.39, 0.29) is 11.8 Å². The van der Waals surface area contributed by atoms with E-state index >= 15 is 0 Å². The number of anilines is 2. The van der Waals surface area contributed by atoms with Gasteiger partial charge in [-0.25, -0.2) is 4.39 Å². The summed E-state index contributed by atoms with van der Waals surface area (Å²) in [6.45, 7) is 6.28. The number of hydrogen-bond acceptors (Lipinski definition) is 5. The second kappa shape index (κ2) is 5.79. The van der Waals surface area contributed by atoms with E-state index in [1.807, 2.05) is 13.8 Å². The third-order valence-corrected chi connectivity index (χ3v) is 2.55. The number of rotatable bonds is 5. The lowest BCUT2D eigenvalue weighted by Gasteiger charge is -2.04. The average molecular weight is 264 g/mol. The Bertz CT molecular complexity index is 553. The lowest BCUT2D eigenvalue weighted by molar-refractivity contribution is 0.460. The van der Waals surface area contributed by atoms with E-state index in [4.69, 9.17) is 4.42 Å². The molecule has 0 aliphatic heterocycles. The van der Waals surface area contributed by atoms with Crippen molar-refractivity contribution in [3.8, 4) is 0 Å². The number of benzene rings is 1. The topological polar surface area (TPSA) is 63.0 Å². The molecule has 19 heavy (non-hydrogen) atoms. The van der Waals surface area contributed by atoms with Crippen molar-refractivity contribution >= 4 is 11.7 Å². The van der Waals surface area contributed by atoms with E-state index in [0.717, 1.165) is 0 Å². The van der Waals surface area contributed by atoms with E-state index in [9.17, 15) is 4.39 Å². The molecule has 0 fully saturated rings. The summed E-state index contributed by atoms with van der Waals surface area (Å²) < 4.78 is 18.8. The van der Waals surface area contributed by atoms with Crippen LogP contribution in [0.25, 0.3) is 0 Å². The first-order valence-electron chi connectivity index (χ1n) is 6.13. The number of halogens is 1. The van der Waals surface area contributed by atoms with Crippen LogP contribution in [0.4, 0.5) is 16.1 Å². The van der Waals surface area contributed by atoms with Gasteiger partial charge in [-0.15, -0.1) is 5.10 Å². The second-order valence-electron chi connectivity index (χ2n) is 4.63. The van der Waals surface area contributed by atoms with E-state index in [0.29, 0.717) is 29.7 Å². The summed E-state index contributed by atoms with van der Waals surface area (Å²) >= 11 is 0. The van der Waals surface area contributed by atoms with Crippen molar-refractivity contribution in [1.82, 2.24) is 15.5 Å². The Kier molecular flexibility index (Phi) is 4.11. The zero-order valence-electron chi connectivity index (χ0n) is 11.2. The Hall–Kier alpha value is -1.95. The number of nitrogens with one attached hydrogen (secondary N) is 2. The molecule has 0 unspecified atom stereocenters. The molecule has 5 nitrogen and oxygen atoms in total. The van der Waals surface area contributed by atoms with Crippen molar-refractivity contribution in [2.45, 2.75) is 33.4 Å². The second-order valence-corrected chi connectivity index (χ2v) is 4.63. The molecule has 1 heterocycles. The fraction of sp³-hybridized carbons (Fsp3) is 0.385. The molecule has 0 radical (unpaired) electrons. The fourth-order valence-electron chi connectivity index (χ4n) is 1.46. The molecule has 0 aliphatic rings. The third kappa shape index (κ3) is 3.75. The molecule has 2 rings (SSSR count). The van der Waals surface area contributed by atoms with Gasteiger partial charge in [-0.2, -0.15) is 0 Å². The highest BCUT2D eigenvalue weighted by molar-refractivity contribution is 5.52. The van der Waals surface area contributed by atoms with Gasteiger partial charge in [0, 0.05) is 11.7 Å². The van der Waals surface area contributed by atoms with Crippen LogP contribution in [-0.2, 0) is 6.54 Å². The Morgan fingerprint density at radius 2 is 2.11 bits per heavy atom. The SMILES string of the molecule is Cc1ccc(Nc2nnc(CNC(C)C)o2)cc1F. The molecular formula is C13H17FN4O. The summed E-state index contributed by atoms with van der Waals surface area (Å²) in [5.74, 6) is 0.218. The lowest BCUT2D eigenvalue weighted by Crippen LogP contribution is -2.21. The minimum Gasteiger partial charge on any atom is -0.406 e. The molecule has 0 amide bonds. The highest BCUT2D eigenvalue weighted by atomic mass is 19.1. The van der Waals surface area contributed by atoms with Crippen LogP contribution in [0.1, 0.15) is 25.3 Å². The van der Waals surface area contributed by atoms with Gasteiger partial charge in [0.15, 0.2) is 0 Å². The molecule has 1 aromatic heterocycles. The summed E-state index contributed by atoms with van der Waals surface area (Å²) in [5, 5.41) is 13.8. The summed E-state index contributed by atoms with van der Waals surface area (Å²) in [6.07, 6.45) is 0. The molecule has 0 aliphatic carbocycles. The van der Waals surface area contributed by atoms with Gasteiger partial charge in [-0.1, -0.05) is 25.0 Å². The predicted molar refractivity (Wildman–Crippen MR) is 70.7 cm³/mol. The van der Waals surface area contributed by atoms with Gasteiger partial charge in [0.25, 0.3) is 0 Å². The molecule has 1 aromatic carbocycles. The number of hydrogen-bond donors (Lipinski definition) is 2. The molecule has 2 N–H and O–H groups in total. The molecule has 0 bridgehead atoms. The smallest absolute Gasteiger partial charge is 0.320 e. The Balaban J connectivity index is 2.01. The highest BCUT2D eigenvalue weighted by Gasteiger charge is 2.07. The summed E-state index contributed by atoms with van der Waals surface area (Å²) in [4.78, 5) is 0. The molecule has 0 atom stereocenters. The molecule has 0 saturated heterocycles. The normalized spacial score (nSPS) is 11.0. The van der Waals surface area contributed by atoms with Crippen LogP contribution < -0.4 is 10.6 Å². The lowest BCUT2D eigenvalue weighted by atomic mass is 10.2. The monoisotopic (exact) mass is 264 g/mol. The van der Waals surface area contributed by atoms with Crippen molar-refractivity contribution < 1.29 is 8.81 Å². The number of aromatic nitrogens is 2. The zero-order valence-corrected chi connectivity index (χ0v) is 11.2. The summed E-state index contributed by atoms with van der Waals surface area (Å²) in [7, 11) is 0. The quantitative estimate of drug-likeness (QED) is 0.869. The van der Waals surface area contributed by atoms with Crippen molar-refractivity contribution in [3.05, 3.63) is 35.5 Å². The van der Waals surface area contributed by atoms with E-state index in [2.05, 4.69) is 20.8 Å². The van der Waals surface area contributed by atoms with Gasteiger partial charge in [0.05, 0.1) is 6.54 Å². The van der Waals surface area contributed by atoms with Crippen LogP contribution >= 0.6 is 0 Å². The van der Waals surface area contributed by atoms with Crippen molar-refractivity contribution in [1.29, 1.82) is 0 Å². The van der Waals surface area contributed by atoms with Gasteiger partial charge >= 0.3 is 6.01 Å². The van der Waals surface area contributed by atoms with Crippen LogP contribution in [0.2, 0.25) is 0 Å². The van der Waals surface area contributed by atoms with Crippen LogP contribution in [-0.4, -0.2) is 16.2 Å². The van der Waals surface area contributed by atoms with E-state index in [1.165, 1.54) is 6.07 Å². The van der Waals surface area contributed by atoms with E-state index in [1.54, 1.807) is 19.1 Å². The van der Waals surface area contributed by atoms with Crippen LogP contribution in [0.3, 0.4) is 0 Å². The van der Waals surface area contributed by atoms with Crippen molar-refractivity contribution in [3.63, 3.8) is 0 Å². The maximum absolute atomic E-state index is 13.4. The van der Waals surface area contributed by atoms with Gasteiger partial charge in [0.2, 0.25) is 5.89 Å². The van der Waals surface area contributed by atoms with Crippen LogP contribution in [0, 0.1) is 12.7 Å². The maximum atomic E-state index is 13.4. The Morgan fingerprint density at radius 1 is 1.32 bits per heavy atom. The highest BCUT2D eigenvalue weighted by Crippen LogP contribution is 2.18. The summed E-state index contributed by atoms with van der Waals surface area (Å²) in [6, 6.07) is 5.44. The Morgan fingerprint density at radius 3 is 2.79 bits per heavy atom. The van der Waals surface area contributed by atoms with Crippen LogP contribution in [0.5, 0.6) is 0 Å². The zero-order chi connectivity index (χ0) is 13.8. The predicted octanol–water partition coefficient (Wildman–Crippen LogP) is 2.76. The molecule has 6 heteroatoms. The van der Waals surface area contributed by atoms with Gasteiger partial charge in [-0.3, -0.25) is 0 Å². The molecular weight excluding hydrogens is 247 g/mol. The molecule has 0 spiro atoms. The first-order chi connectivity index (χ1) is 9.04. The third-order valence-electron chi connectivity index (χ3n) is 2.55. The van der Waals surface area contributed by atoms with Crippen LogP contribution in [0.15, 0.2) is 22.6 Å². The average Bonchev–Trinajstić information content (AvgIpc) is 2.79.